The number of rotatable bonds is 8. The Morgan fingerprint density at radius 1 is 1.18 bits per heavy atom. The second-order valence-electron chi connectivity index (χ2n) is 7.51. The van der Waals surface area contributed by atoms with E-state index in [9.17, 15) is 9.18 Å². The molecule has 1 aromatic carbocycles. The Kier molecular flexibility index (Phi) is 7.66. The van der Waals surface area contributed by atoms with Crippen LogP contribution in [0.4, 0.5) is 20.7 Å². The Balaban J connectivity index is 1.71. The molecule has 0 radical (unpaired) electrons. The van der Waals surface area contributed by atoms with Crippen molar-refractivity contribution in [3.63, 3.8) is 0 Å². The van der Waals surface area contributed by atoms with Gasteiger partial charge in [0.1, 0.15) is 17.2 Å². The van der Waals surface area contributed by atoms with E-state index in [1.807, 2.05) is 38.5 Å². The molecule has 0 aliphatic carbocycles. The summed E-state index contributed by atoms with van der Waals surface area (Å²) in [5.41, 5.74) is 0.0977. The summed E-state index contributed by atoms with van der Waals surface area (Å²) in [6.07, 6.45) is 4.28. The number of ether oxygens (including phenoxy) is 1. The highest BCUT2D eigenvalue weighted by molar-refractivity contribution is 5.67. The average Bonchev–Trinajstić information content (AvgIpc) is 2.96. The van der Waals surface area contributed by atoms with E-state index in [0.29, 0.717) is 18.1 Å². The minimum atomic E-state index is -0.477. The molecular formula is C20H28FN5O2. The second kappa shape index (κ2) is 9.96. The lowest BCUT2D eigenvalue weighted by atomic mass is 10.2. The van der Waals surface area contributed by atoms with Crippen molar-refractivity contribution in [3.8, 4) is 0 Å². The number of aryl methyl sites for hydroxylation is 2. The molecule has 0 bridgehead atoms. The van der Waals surface area contributed by atoms with Crippen LogP contribution in [0, 0.1) is 12.7 Å². The van der Waals surface area contributed by atoms with Crippen molar-refractivity contribution in [2.75, 3.05) is 6.54 Å². The third-order valence-corrected chi connectivity index (χ3v) is 3.80. The summed E-state index contributed by atoms with van der Waals surface area (Å²) in [5.74, 6) is 1.08. The van der Waals surface area contributed by atoms with E-state index in [1.54, 1.807) is 12.1 Å². The summed E-state index contributed by atoms with van der Waals surface area (Å²) in [6, 6.07) is 5.81. The summed E-state index contributed by atoms with van der Waals surface area (Å²) in [7, 11) is 0. The number of unbranched alkanes of at least 4 members (excludes halogenated alkanes) is 2. The molecule has 0 atom stereocenters. The van der Waals surface area contributed by atoms with Gasteiger partial charge in [0.05, 0.1) is 11.9 Å². The third-order valence-electron chi connectivity index (χ3n) is 3.80. The number of amides is 1. The zero-order valence-corrected chi connectivity index (χ0v) is 16.9. The van der Waals surface area contributed by atoms with Crippen molar-refractivity contribution in [2.24, 2.45) is 10.2 Å². The van der Waals surface area contributed by atoms with Gasteiger partial charge in [-0.2, -0.15) is 0 Å². The minimum absolute atomic E-state index is 0.305. The maximum atomic E-state index is 12.9. The molecule has 7 nitrogen and oxygen atoms in total. The monoisotopic (exact) mass is 389 g/mol. The van der Waals surface area contributed by atoms with Gasteiger partial charge in [0, 0.05) is 13.1 Å². The van der Waals surface area contributed by atoms with Gasteiger partial charge in [-0.15, -0.1) is 10.2 Å². The van der Waals surface area contributed by atoms with E-state index < -0.39 is 5.60 Å². The van der Waals surface area contributed by atoms with E-state index in [4.69, 9.17) is 4.74 Å². The van der Waals surface area contributed by atoms with E-state index >= 15 is 0 Å². The first kappa shape index (κ1) is 21.5. The fraction of sp³-hybridized carbons (Fsp3) is 0.500. The van der Waals surface area contributed by atoms with Gasteiger partial charge in [-0.25, -0.2) is 14.2 Å². The molecular weight excluding hydrogens is 361 g/mol. The SMILES string of the molecule is Cc1nc(N=Nc2ccc(F)cc2)cn1CCCCCNC(=O)OC(C)(C)C. The zero-order chi connectivity index (χ0) is 20.6. The quantitative estimate of drug-likeness (QED) is 0.482. The first-order valence-electron chi connectivity index (χ1n) is 9.41. The molecule has 0 fully saturated rings. The number of benzene rings is 1. The van der Waals surface area contributed by atoms with Crippen LogP contribution in [0.2, 0.25) is 0 Å². The van der Waals surface area contributed by atoms with Crippen LogP contribution in [-0.4, -0.2) is 27.8 Å². The van der Waals surface area contributed by atoms with Crippen molar-refractivity contribution in [1.29, 1.82) is 0 Å². The molecule has 1 aromatic heterocycles. The molecule has 152 valence electrons. The van der Waals surface area contributed by atoms with E-state index in [0.717, 1.165) is 31.6 Å². The highest BCUT2D eigenvalue weighted by atomic mass is 19.1. The number of alkyl carbamates (subject to hydrolysis) is 1. The zero-order valence-electron chi connectivity index (χ0n) is 16.9. The van der Waals surface area contributed by atoms with Crippen molar-refractivity contribution < 1.29 is 13.9 Å². The molecule has 0 spiro atoms. The minimum Gasteiger partial charge on any atom is -0.444 e. The number of halogens is 1. The third kappa shape index (κ3) is 7.85. The number of imidazole rings is 1. The second-order valence-corrected chi connectivity index (χ2v) is 7.51. The number of nitrogens with zero attached hydrogens (tertiary/aromatic N) is 4. The molecule has 28 heavy (non-hydrogen) atoms. The number of carbonyl (C=O) groups is 1. The smallest absolute Gasteiger partial charge is 0.407 e. The van der Waals surface area contributed by atoms with Crippen LogP contribution < -0.4 is 5.32 Å². The lowest BCUT2D eigenvalue weighted by Gasteiger charge is -2.19. The van der Waals surface area contributed by atoms with Crippen molar-refractivity contribution in [2.45, 2.75) is 59.1 Å². The first-order chi connectivity index (χ1) is 13.2. The lowest BCUT2D eigenvalue weighted by molar-refractivity contribution is 0.0527. The van der Waals surface area contributed by atoms with Crippen molar-refractivity contribution >= 4 is 17.6 Å². The molecule has 2 rings (SSSR count). The number of carbonyl (C=O) groups excluding carboxylic acids is 1. The predicted molar refractivity (Wildman–Crippen MR) is 106 cm³/mol. The Morgan fingerprint density at radius 3 is 2.57 bits per heavy atom. The molecule has 1 N–H and O–H groups in total. The number of nitrogens with one attached hydrogen (secondary N) is 1. The molecule has 0 unspecified atom stereocenters. The maximum absolute atomic E-state index is 12.9. The Bertz CT molecular complexity index is 794. The van der Waals surface area contributed by atoms with Gasteiger partial charge in [0.2, 0.25) is 0 Å². The molecule has 8 heteroatoms. The summed E-state index contributed by atoms with van der Waals surface area (Å²) >= 11 is 0. The van der Waals surface area contributed by atoms with Gasteiger partial charge in [-0.05, 0) is 71.2 Å². The standard InChI is InChI=1S/C20H28FN5O2/c1-15-23-18(25-24-17-10-8-16(21)9-11-17)14-26(15)13-7-5-6-12-22-19(27)28-20(2,3)4/h8-11,14H,5-7,12-13H2,1-4H3,(H,22,27). The van der Waals surface area contributed by atoms with Gasteiger partial charge in [-0.1, -0.05) is 0 Å². The van der Waals surface area contributed by atoms with Gasteiger partial charge in [0.15, 0.2) is 5.82 Å². The fourth-order valence-corrected chi connectivity index (χ4v) is 2.47. The topological polar surface area (TPSA) is 80.9 Å². The first-order valence-corrected chi connectivity index (χ1v) is 9.41. The van der Waals surface area contributed by atoms with Crippen LogP contribution in [0.25, 0.3) is 0 Å². The van der Waals surface area contributed by atoms with E-state index in [-0.39, 0.29) is 11.9 Å². The summed E-state index contributed by atoms with van der Waals surface area (Å²) in [5, 5.41) is 10.9. The van der Waals surface area contributed by atoms with E-state index in [1.165, 1.54) is 12.1 Å². The fourth-order valence-electron chi connectivity index (χ4n) is 2.47. The lowest BCUT2D eigenvalue weighted by Crippen LogP contribution is -2.33. The van der Waals surface area contributed by atoms with Crippen LogP contribution in [-0.2, 0) is 11.3 Å². The van der Waals surface area contributed by atoms with Crippen LogP contribution >= 0.6 is 0 Å². The molecule has 0 saturated heterocycles. The highest BCUT2D eigenvalue weighted by Crippen LogP contribution is 2.18. The van der Waals surface area contributed by atoms with Gasteiger partial charge >= 0.3 is 6.09 Å². The van der Waals surface area contributed by atoms with Gasteiger partial charge < -0.3 is 14.6 Å². The summed E-state index contributed by atoms with van der Waals surface area (Å²) < 4.78 is 20.1. The van der Waals surface area contributed by atoms with E-state index in [2.05, 4.69) is 20.5 Å². The van der Waals surface area contributed by atoms with Crippen LogP contribution in [0.15, 0.2) is 40.7 Å². The number of azo groups is 1. The number of aromatic nitrogens is 2. The molecule has 0 aliphatic rings. The number of hydrogen-bond donors (Lipinski definition) is 1. The normalized spacial score (nSPS) is 11.8. The highest BCUT2D eigenvalue weighted by Gasteiger charge is 2.15. The summed E-state index contributed by atoms with van der Waals surface area (Å²) in [6.45, 7) is 8.85. The summed E-state index contributed by atoms with van der Waals surface area (Å²) in [4.78, 5) is 15.9. The molecule has 0 saturated carbocycles. The Labute approximate surface area is 165 Å². The molecule has 1 amide bonds. The van der Waals surface area contributed by atoms with Gasteiger partial charge in [0.25, 0.3) is 0 Å². The van der Waals surface area contributed by atoms with Crippen LogP contribution in [0.1, 0.15) is 45.9 Å². The van der Waals surface area contributed by atoms with Crippen LogP contribution in [0.5, 0.6) is 0 Å². The van der Waals surface area contributed by atoms with Crippen molar-refractivity contribution in [1.82, 2.24) is 14.9 Å². The van der Waals surface area contributed by atoms with Gasteiger partial charge in [-0.3, -0.25) is 0 Å². The largest absolute Gasteiger partial charge is 0.444 e. The van der Waals surface area contributed by atoms with Crippen LogP contribution in [0.3, 0.4) is 0 Å². The molecule has 0 aliphatic heterocycles. The Morgan fingerprint density at radius 2 is 1.89 bits per heavy atom. The molecule has 2 aromatic rings. The maximum Gasteiger partial charge on any atom is 0.407 e. The number of hydrogen-bond acceptors (Lipinski definition) is 5. The van der Waals surface area contributed by atoms with Crippen molar-refractivity contribution in [3.05, 3.63) is 42.1 Å². The average molecular weight is 389 g/mol. The molecule has 1 heterocycles. The Hall–Kier alpha value is -2.77. The predicted octanol–water partition coefficient (Wildman–Crippen LogP) is 5.44.